The van der Waals surface area contributed by atoms with Crippen LogP contribution in [0.4, 0.5) is 18.9 Å². The summed E-state index contributed by atoms with van der Waals surface area (Å²) in [6, 6.07) is 12.9. The van der Waals surface area contributed by atoms with Crippen LogP contribution >= 0.6 is 11.3 Å². The fraction of sp³-hybridized carbons (Fsp3) is 0.0952. The second kappa shape index (κ2) is 9.24. The van der Waals surface area contributed by atoms with Gasteiger partial charge in [0, 0.05) is 17.1 Å². The van der Waals surface area contributed by atoms with Crippen LogP contribution in [0.2, 0.25) is 0 Å². The third-order valence-corrected chi connectivity index (χ3v) is 4.42. The summed E-state index contributed by atoms with van der Waals surface area (Å²) < 4.78 is 43.6. The van der Waals surface area contributed by atoms with Gasteiger partial charge in [0.15, 0.2) is 5.01 Å². The van der Waals surface area contributed by atoms with Crippen molar-refractivity contribution in [3.8, 4) is 11.8 Å². The van der Waals surface area contributed by atoms with E-state index in [1.807, 2.05) is 0 Å². The molecule has 152 valence electrons. The number of benzene rings is 2. The van der Waals surface area contributed by atoms with Gasteiger partial charge in [0.2, 0.25) is 0 Å². The van der Waals surface area contributed by atoms with E-state index in [9.17, 15) is 22.8 Å². The van der Waals surface area contributed by atoms with Crippen LogP contribution in [-0.4, -0.2) is 23.0 Å². The molecule has 0 bridgehead atoms. The summed E-state index contributed by atoms with van der Waals surface area (Å²) in [7, 11) is 0. The van der Waals surface area contributed by atoms with Crippen molar-refractivity contribution in [1.29, 1.82) is 0 Å². The van der Waals surface area contributed by atoms with Crippen molar-refractivity contribution in [1.82, 2.24) is 4.98 Å². The largest absolute Gasteiger partial charge is 0.471 e. The maximum Gasteiger partial charge on any atom is 0.471 e. The number of rotatable bonds is 4. The zero-order chi connectivity index (χ0) is 21.6. The maximum absolute atomic E-state index is 12.8. The lowest BCUT2D eigenvalue weighted by atomic mass is 10.1. The maximum atomic E-state index is 12.8. The van der Waals surface area contributed by atoms with Crippen LogP contribution in [0.3, 0.4) is 0 Å². The topological polar surface area (TPSA) is 68.3 Å². The minimum atomic E-state index is -5.14. The van der Waals surface area contributed by atoms with Crippen molar-refractivity contribution < 1.29 is 27.5 Å². The van der Waals surface area contributed by atoms with Crippen molar-refractivity contribution in [3.63, 3.8) is 0 Å². The number of hydrogen-bond donors (Lipinski definition) is 1. The highest BCUT2D eigenvalue weighted by atomic mass is 32.1. The van der Waals surface area contributed by atoms with E-state index in [1.54, 1.807) is 41.0 Å². The van der Waals surface area contributed by atoms with Gasteiger partial charge < -0.3 is 10.1 Å². The van der Waals surface area contributed by atoms with Gasteiger partial charge in [-0.1, -0.05) is 42.3 Å². The Labute approximate surface area is 173 Å². The van der Waals surface area contributed by atoms with Gasteiger partial charge in [-0.15, -0.1) is 11.3 Å². The average Bonchev–Trinajstić information content (AvgIpc) is 3.25. The predicted molar refractivity (Wildman–Crippen MR) is 105 cm³/mol. The Hall–Kier alpha value is -3.64. The van der Waals surface area contributed by atoms with Crippen LogP contribution in [0.25, 0.3) is 0 Å². The van der Waals surface area contributed by atoms with Crippen molar-refractivity contribution in [2.24, 2.45) is 0 Å². The Bertz CT molecular complexity index is 1100. The van der Waals surface area contributed by atoms with Gasteiger partial charge in [-0.05, 0) is 23.6 Å². The molecule has 3 rings (SSSR count). The molecule has 0 saturated heterocycles. The highest BCUT2D eigenvalue weighted by molar-refractivity contribution is 7.10. The van der Waals surface area contributed by atoms with E-state index in [4.69, 9.17) is 4.74 Å². The number of nitrogens with one attached hydrogen (secondary N) is 1. The molecule has 1 amide bonds. The third-order valence-electron chi connectivity index (χ3n) is 3.73. The Morgan fingerprint density at radius 1 is 1.07 bits per heavy atom. The summed E-state index contributed by atoms with van der Waals surface area (Å²) in [5.74, 6) is 2.23. The zero-order valence-corrected chi connectivity index (χ0v) is 16.0. The van der Waals surface area contributed by atoms with E-state index in [-0.39, 0.29) is 23.4 Å². The first-order valence-corrected chi connectivity index (χ1v) is 9.36. The molecule has 0 unspecified atom stereocenters. The van der Waals surface area contributed by atoms with Gasteiger partial charge in [-0.3, -0.25) is 4.79 Å². The van der Waals surface area contributed by atoms with Crippen LogP contribution in [0, 0.1) is 11.8 Å². The van der Waals surface area contributed by atoms with Crippen molar-refractivity contribution in [3.05, 3.63) is 81.8 Å². The molecule has 1 aromatic heterocycles. The molecule has 9 heteroatoms. The van der Waals surface area contributed by atoms with Crippen LogP contribution < -0.4 is 5.32 Å². The number of aromatic nitrogens is 1. The lowest BCUT2D eigenvalue weighted by molar-refractivity contribution is -0.167. The molecule has 0 radical (unpaired) electrons. The van der Waals surface area contributed by atoms with Crippen LogP contribution in [0.1, 0.15) is 26.5 Å². The average molecular weight is 430 g/mol. The summed E-state index contributed by atoms with van der Waals surface area (Å²) in [5.41, 5.74) is 0.111. The Morgan fingerprint density at radius 2 is 1.83 bits per heavy atom. The lowest BCUT2D eigenvalue weighted by Gasteiger charge is -2.14. The Morgan fingerprint density at radius 3 is 2.50 bits per heavy atom. The summed E-state index contributed by atoms with van der Waals surface area (Å²) in [5, 5.41) is 3.86. The van der Waals surface area contributed by atoms with E-state index in [1.165, 1.54) is 35.7 Å². The molecule has 0 aliphatic carbocycles. The number of alkyl halides is 3. The number of hydrogen-bond acceptors (Lipinski definition) is 5. The van der Waals surface area contributed by atoms with E-state index >= 15 is 0 Å². The first kappa shape index (κ1) is 21.1. The normalized spacial score (nSPS) is 10.6. The first-order chi connectivity index (χ1) is 14.3. The van der Waals surface area contributed by atoms with Gasteiger partial charge in [0.25, 0.3) is 0 Å². The van der Waals surface area contributed by atoms with Crippen LogP contribution in [0.15, 0.2) is 60.1 Å². The number of anilines is 1. The summed E-state index contributed by atoms with van der Waals surface area (Å²) in [4.78, 5) is 28.0. The number of nitrogens with zero attached hydrogens (tertiary/aromatic N) is 1. The number of carbonyl (C=O) groups excluding carboxylic acids is 2. The molecule has 5 nitrogen and oxygen atoms in total. The predicted octanol–water partition coefficient (Wildman–Crippen LogP) is 4.40. The van der Waals surface area contributed by atoms with Gasteiger partial charge in [0.05, 0.1) is 11.3 Å². The lowest BCUT2D eigenvalue weighted by Crippen LogP contribution is -2.31. The smallest absolute Gasteiger partial charge is 0.457 e. The molecule has 1 heterocycles. The molecule has 3 aromatic rings. The van der Waals surface area contributed by atoms with Gasteiger partial charge in [0.1, 0.15) is 6.61 Å². The number of amides is 1. The molecular weight excluding hydrogens is 417 g/mol. The van der Waals surface area contributed by atoms with E-state index < -0.39 is 18.1 Å². The first-order valence-electron chi connectivity index (χ1n) is 8.48. The van der Waals surface area contributed by atoms with E-state index in [2.05, 4.69) is 16.8 Å². The molecule has 0 saturated carbocycles. The van der Waals surface area contributed by atoms with Gasteiger partial charge in [-0.2, -0.15) is 13.2 Å². The molecule has 30 heavy (non-hydrogen) atoms. The second-order valence-corrected chi connectivity index (χ2v) is 6.72. The highest BCUT2D eigenvalue weighted by Gasteiger charge is 2.39. The van der Waals surface area contributed by atoms with E-state index in [0.29, 0.717) is 10.6 Å². The highest BCUT2D eigenvalue weighted by Crippen LogP contribution is 2.25. The number of para-hydroxylation sites is 1. The number of carbonyl (C=O) groups is 2. The van der Waals surface area contributed by atoms with Crippen molar-refractivity contribution >= 4 is 28.9 Å². The van der Waals surface area contributed by atoms with Crippen LogP contribution in [0.5, 0.6) is 0 Å². The quantitative estimate of drug-likeness (QED) is 0.492. The fourth-order valence-corrected chi connectivity index (χ4v) is 2.83. The number of ether oxygens (including phenoxy) is 1. The minimum absolute atomic E-state index is 0.0250. The molecule has 2 aromatic carbocycles. The molecule has 0 fully saturated rings. The SMILES string of the molecule is O=C(OCc1ccccc1)c1cccc(C#Cc2nccs2)c1NC(=O)C(F)(F)F. The molecule has 0 aliphatic heterocycles. The zero-order valence-electron chi connectivity index (χ0n) is 15.2. The summed E-state index contributed by atoms with van der Waals surface area (Å²) in [6.45, 7) is -0.0820. The summed E-state index contributed by atoms with van der Waals surface area (Å²) in [6.07, 6.45) is -3.61. The molecule has 0 spiro atoms. The molecule has 0 aliphatic rings. The Balaban J connectivity index is 1.93. The Kier molecular flexibility index (Phi) is 6.49. The molecular formula is C21H13F3N2O3S. The standard InChI is InChI=1S/C21H13F3N2O3S/c22-21(23,24)20(28)26-18-15(9-10-17-25-11-12-30-17)7-4-8-16(18)19(27)29-13-14-5-2-1-3-6-14/h1-8,11-12H,13H2,(H,26,28). The second-order valence-electron chi connectivity index (χ2n) is 5.83. The van der Waals surface area contributed by atoms with Crippen LogP contribution in [-0.2, 0) is 16.1 Å². The van der Waals surface area contributed by atoms with E-state index in [0.717, 1.165) is 0 Å². The van der Waals surface area contributed by atoms with Crippen molar-refractivity contribution in [2.45, 2.75) is 12.8 Å². The molecule has 0 atom stereocenters. The van der Waals surface area contributed by atoms with Gasteiger partial charge in [-0.25, -0.2) is 9.78 Å². The van der Waals surface area contributed by atoms with Crippen molar-refractivity contribution in [2.75, 3.05) is 5.32 Å². The number of esters is 1. The number of halogens is 3. The fourth-order valence-electron chi connectivity index (χ4n) is 2.35. The minimum Gasteiger partial charge on any atom is -0.457 e. The summed E-state index contributed by atoms with van der Waals surface area (Å²) >= 11 is 1.24. The number of thiazole rings is 1. The molecule has 1 N–H and O–H groups in total. The monoisotopic (exact) mass is 430 g/mol. The third kappa shape index (κ3) is 5.46. The van der Waals surface area contributed by atoms with Gasteiger partial charge >= 0.3 is 18.1 Å².